The van der Waals surface area contributed by atoms with E-state index in [1.807, 2.05) is 12.1 Å². The lowest BCUT2D eigenvalue weighted by Crippen LogP contribution is -2.38. The van der Waals surface area contributed by atoms with Gasteiger partial charge in [0.15, 0.2) is 5.96 Å². The summed E-state index contributed by atoms with van der Waals surface area (Å²) in [7, 11) is 1.70. The van der Waals surface area contributed by atoms with Gasteiger partial charge in [0.05, 0.1) is 13.2 Å². The van der Waals surface area contributed by atoms with Gasteiger partial charge in [0.2, 0.25) is 0 Å². The zero-order chi connectivity index (χ0) is 16.4. The Kier molecular flexibility index (Phi) is 12.1. The van der Waals surface area contributed by atoms with Crippen LogP contribution in [0.25, 0.3) is 0 Å². The van der Waals surface area contributed by atoms with Crippen molar-refractivity contribution >= 4 is 29.9 Å². The second-order valence-corrected chi connectivity index (χ2v) is 6.27. The molecule has 0 fully saturated rings. The molecule has 1 rings (SSSR count). The van der Waals surface area contributed by atoms with Crippen molar-refractivity contribution in [1.82, 2.24) is 5.32 Å². The molecule has 0 radical (unpaired) electrons. The third-order valence-corrected chi connectivity index (χ3v) is 3.65. The van der Waals surface area contributed by atoms with Gasteiger partial charge in [0, 0.05) is 13.2 Å². The minimum atomic E-state index is 0. The highest BCUT2D eigenvalue weighted by molar-refractivity contribution is 14.0. The van der Waals surface area contributed by atoms with Gasteiger partial charge in [-0.3, -0.25) is 0 Å². The minimum absolute atomic E-state index is 0. The molecule has 1 aromatic carbocycles. The molecule has 0 aliphatic carbocycles. The van der Waals surface area contributed by atoms with Crippen LogP contribution in [0.2, 0.25) is 0 Å². The van der Waals surface area contributed by atoms with Crippen LogP contribution in [0.15, 0.2) is 29.3 Å². The van der Waals surface area contributed by atoms with Gasteiger partial charge in [-0.25, -0.2) is 4.99 Å². The molecule has 0 bridgehead atoms. The number of aliphatic imine (C=N–C) groups is 1. The highest BCUT2D eigenvalue weighted by Crippen LogP contribution is 2.11. The third kappa shape index (κ3) is 9.81. The van der Waals surface area contributed by atoms with Gasteiger partial charge in [-0.2, -0.15) is 0 Å². The molecule has 132 valence electrons. The number of ether oxygens (including phenoxy) is 1. The van der Waals surface area contributed by atoms with Gasteiger partial charge in [-0.05, 0) is 30.4 Å². The molecule has 0 saturated heterocycles. The van der Waals surface area contributed by atoms with Crippen LogP contribution in [0.5, 0.6) is 0 Å². The topological polar surface area (TPSA) is 59.6 Å². The molecular weight excluding hydrogens is 401 g/mol. The molecule has 0 aliphatic rings. The largest absolute Gasteiger partial charge is 0.380 e. The number of halogens is 1. The summed E-state index contributed by atoms with van der Waals surface area (Å²) in [6.07, 6.45) is 3.60. The summed E-state index contributed by atoms with van der Waals surface area (Å²) in [6, 6.07) is 8.52. The van der Waals surface area contributed by atoms with Crippen LogP contribution >= 0.6 is 24.0 Å². The second kappa shape index (κ2) is 12.6. The molecule has 5 heteroatoms. The Hall–Kier alpha value is -0.820. The molecule has 0 aromatic heterocycles. The Balaban J connectivity index is 0.00000484. The van der Waals surface area contributed by atoms with Crippen molar-refractivity contribution in [3.05, 3.63) is 35.4 Å². The zero-order valence-corrected chi connectivity index (χ0v) is 17.2. The summed E-state index contributed by atoms with van der Waals surface area (Å²) < 4.78 is 5.21. The van der Waals surface area contributed by atoms with E-state index in [4.69, 9.17) is 10.5 Å². The highest BCUT2D eigenvalue weighted by Gasteiger charge is 2.05. The fraction of sp³-hybridized carbons (Fsp3) is 0.611. The van der Waals surface area contributed by atoms with E-state index in [1.54, 1.807) is 7.11 Å². The summed E-state index contributed by atoms with van der Waals surface area (Å²) in [5, 5.41) is 3.27. The maximum atomic E-state index is 5.99. The molecular formula is C18H32IN3O. The van der Waals surface area contributed by atoms with E-state index in [2.05, 4.69) is 43.2 Å². The van der Waals surface area contributed by atoms with Crippen LogP contribution in [-0.2, 0) is 17.9 Å². The van der Waals surface area contributed by atoms with Crippen molar-refractivity contribution in [3.8, 4) is 0 Å². The molecule has 0 saturated carbocycles. The Labute approximate surface area is 158 Å². The summed E-state index contributed by atoms with van der Waals surface area (Å²) in [6.45, 7) is 7.85. The van der Waals surface area contributed by atoms with Gasteiger partial charge in [-0.1, -0.05) is 51.0 Å². The van der Waals surface area contributed by atoms with Gasteiger partial charge in [-0.15, -0.1) is 24.0 Å². The van der Waals surface area contributed by atoms with E-state index in [-0.39, 0.29) is 24.0 Å². The molecule has 3 N–H and O–H groups in total. The Morgan fingerprint density at radius 3 is 2.43 bits per heavy atom. The maximum Gasteiger partial charge on any atom is 0.189 e. The van der Waals surface area contributed by atoms with Crippen LogP contribution in [-0.4, -0.2) is 19.1 Å². The Bertz CT molecular complexity index is 463. The second-order valence-electron chi connectivity index (χ2n) is 6.27. The van der Waals surface area contributed by atoms with E-state index in [1.165, 1.54) is 12.8 Å². The lowest BCUT2D eigenvalue weighted by molar-refractivity contribution is 0.184. The number of rotatable bonds is 9. The van der Waals surface area contributed by atoms with Crippen LogP contribution in [0.4, 0.5) is 0 Å². The highest BCUT2D eigenvalue weighted by atomic mass is 127. The Morgan fingerprint density at radius 1 is 1.17 bits per heavy atom. The molecule has 0 heterocycles. The number of nitrogens with two attached hydrogens (primary N) is 1. The van der Waals surface area contributed by atoms with Gasteiger partial charge in [0.1, 0.15) is 0 Å². The molecule has 23 heavy (non-hydrogen) atoms. The van der Waals surface area contributed by atoms with Gasteiger partial charge < -0.3 is 15.8 Å². The lowest BCUT2D eigenvalue weighted by atomic mass is 10.0. The van der Waals surface area contributed by atoms with Crippen LogP contribution in [0.3, 0.4) is 0 Å². The number of benzene rings is 1. The first-order chi connectivity index (χ1) is 10.5. The number of nitrogens with one attached hydrogen (secondary N) is 1. The van der Waals surface area contributed by atoms with Crippen molar-refractivity contribution < 1.29 is 4.74 Å². The summed E-state index contributed by atoms with van der Waals surface area (Å²) >= 11 is 0. The zero-order valence-electron chi connectivity index (χ0n) is 14.8. The fourth-order valence-corrected chi connectivity index (χ4v) is 2.38. The summed E-state index contributed by atoms with van der Waals surface area (Å²) in [5.74, 6) is 1.28. The van der Waals surface area contributed by atoms with E-state index in [9.17, 15) is 0 Å². The summed E-state index contributed by atoms with van der Waals surface area (Å²) in [5.41, 5.74) is 8.30. The third-order valence-electron chi connectivity index (χ3n) is 3.65. The average Bonchev–Trinajstić information content (AvgIpc) is 2.46. The van der Waals surface area contributed by atoms with Crippen LogP contribution in [0.1, 0.15) is 51.2 Å². The fourth-order valence-electron chi connectivity index (χ4n) is 2.38. The van der Waals surface area contributed by atoms with E-state index >= 15 is 0 Å². The number of methoxy groups -OCH3 is 1. The number of guanidine groups is 1. The van der Waals surface area contributed by atoms with E-state index in [0.717, 1.165) is 23.5 Å². The molecule has 0 spiro atoms. The maximum absolute atomic E-state index is 5.99. The van der Waals surface area contributed by atoms with Crippen molar-refractivity contribution in [3.63, 3.8) is 0 Å². The normalized spacial score (nSPS) is 12.8. The number of nitrogens with zero attached hydrogens (tertiary/aromatic N) is 1. The summed E-state index contributed by atoms with van der Waals surface area (Å²) in [4.78, 5) is 4.45. The SMILES string of the molecule is COCc1ccccc1CN=C(N)NC(C)CCCC(C)C.I. The minimum Gasteiger partial charge on any atom is -0.380 e. The first kappa shape index (κ1) is 22.2. The number of hydrogen-bond donors (Lipinski definition) is 2. The van der Waals surface area contributed by atoms with Crippen LogP contribution in [0, 0.1) is 5.92 Å². The molecule has 4 nitrogen and oxygen atoms in total. The first-order valence-electron chi connectivity index (χ1n) is 8.15. The predicted molar refractivity (Wildman–Crippen MR) is 109 cm³/mol. The standard InChI is InChI=1S/C18H31N3O.HI/c1-14(2)8-7-9-15(3)21-18(19)20-12-16-10-5-6-11-17(16)13-22-4;/h5-6,10-11,14-15H,7-9,12-13H2,1-4H3,(H3,19,20,21);1H. The van der Waals surface area contributed by atoms with Gasteiger partial charge >= 0.3 is 0 Å². The van der Waals surface area contributed by atoms with Crippen molar-refractivity contribution in [2.45, 2.75) is 59.2 Å². The van der Waals surface area contributed by atoms with Crippen molar-refractivity contribution in [1.29, 1.82) is 0 Å². The van der Waals surface area contributed by atoms with E-state index in [0.29, 0.717) is 25.2 Å². The molecule has 0 amide bonds. The molecule has 1 aromatic rings. The smallest absolute Gasteiger partial charge is 0.189 e. The predicted octanol–water partition coefficient (Wildman–Crippen LogP) is 4.07. The lowest BCUT2D eigenvalue weighted by Gasteiger charge is -2.15. The number of hydrogen-bond acceptors (Lipinski definition) is 2. The van der Waals surface area contributed by atoms with Crippen LogP contribution < -0.4 is 11.1 Å². The molecule has 1 unspecified atom stereocenters. The quantitative estimate of drug-likeness (QED) is 0.351. The van der Waals surface area contributed by atoms with Crippen molar-refractivity contribution in [2.75, 3.05) is 7.11 Å². The first-order valence-corrected chi connectivity index (χ1v) is 8.15. The van der Waals surface area contributed by atoms with Crippen molar-refractivity contribution in [2.24, 2.45) is 16.6 Å². The average molecular weight is 433 g/mol. The van der Waals surface area contributed by atoms with Gasteiger partial charge in [0.25, 0.3) is 0 Å². The molecule has 0 aliphatic heterocycles. The monoisotopic (exact) mass is 433 g/mol. The molecule has 1 atom stereocenters. The van der Waals surface area contributed by atoms with E-state index < -0.39 is 0 Å². The Morgan fingerprint density at radius 2 is 1.83 bits per heavy atom.